The van der Waals surface area contributed by atoms with E-state index in [0.717, 1.165) is 0 Å². The van der Waals surface area contributed by atoms with Crippen molar-refractivity contribution in [2.75, 3.05) is 0 Å². The van der Waals surface area contributed by atoms with Crippen molar-refractivity contribution in [3.05, 3.63) is 41.9 Å². The van der Waals surface area contributed by atoms with E-state index in [9.17, 15) is 0 Å². The van der Waals surface area contributed by atoms with Gasteiger partial charge in [-0.25, -0.2) is 0 Å². The molecule has 0 bridgehead atoms. The van der Waals surface area contributed by atoms with Crippen molar-refractivity contribution >= 4 is 0 Å². The number of hydrogen-bond donors (Lipinski definition) is 1. The Hall–Kier alpha value is -0.820. The number of benzene rings is 1. The lowest BCUT2D eigenvalue weighted by molar-refractivity contribution is 0.756. The molecule has 0 amide bonds. The Kier molecular flexibility index (Phi) is 1.66. The number of rotatable bonds is 1. The molecule has 0 aromatic heterocycles. The summed E-state index contributed by atoms with van der Waals surface area (Å²) >= 11 is 0. The van der Waals surface area contributed by atoms with Crippen molar-refractivity contribution in [2.24, 2.45) is 5.73 Å². The summed E-state index contributed by atoms with van der Waals surface area (Å²) in [6.45, 7) is 1.81. The highest BCUT2D eigenvalue weighted by Crippen LogP contribution is 2.32. The van der Waals surface area contributed by atoms with Crippen molar-refractivity contribution in [3.8, 4) is 0 Å². The highest BCUT2D eigenvalue weighted by Gasteiger charge is 2.19. The smallest absolute Gasteiger partial charge is 0.0268 e. The summed E-state index contributed by atoms with van der Waals surface area (Å²) in [6, 6.07) is 8.55. The molecule has 0 saturated carbocycles. The first-order chi connectivity index (χ1) is 5.42. The van der Waals surface area contributed by atoms with Crippen LogP contribution in [-0.2, 0) is 6.42 Å². The van der Waals surface area contributed by atoms with Crippen molar-refractivity contribution in [3.63, 3.8) is 0 Å². The Labute approximate surface area is 67.2 Å². The fourth-order valence-corrected chi connectivity index (χ4v) is 1.79. The van der Waals surface area contributed by atoms with Crippen LogP contribution in [0.5, 0.6) is 0 Å². The van der Waals surface area contributed by atoms with Gasteiger partial charge in [0.05, 0.1) is 0 Å². The van der Waals surface area contributed by atoms with Gasteiger partial charge in [-0.15, -0.1) is 0 Å². The van der Waals surface area contributed by atoms with Crippen molar-refractivity contribution in [2.45, 2.75) is 18.8 Å². The molecule has 0 spiro atoms. The first-order valence-electron chi connectivity index (χ1n) is 4.04. The molecule has 1 aliphatic rings. The van der Waals surface area contributed by atoms with Gasteiger partial charge in [-0.05, 0) is 24.0 Å². The first kappa shape index (κ1) is 6.86. The summed E-state index contributed by atoms with van der Waals surface area (Å²) in [5.41, 5.74) is 8.42. The maximum Gasteiger partial charge on any atom is 0.0268 e. The van der Waals surface area contributed by atoms with E-state index in [4.69, 9.17) is 5.73 Å². The van der Waals surface area contributed by atoms with E-state index in [2.05, 4.69) is 24.3 Å². The van der Waals surface area contributed by atoms with Crippen LogP contribution >= 0.6 is 0 Å². The fraction of sp³-hybridized carbons (Fsp3) is 0.300. The minimum absolute atomic E-state index is 0.506. The Morgan fingerprint density at radius 1 is 1.36 bits per heavy atom. The average Bonchev–Trinajstić information content (AvgIpc) is 2.47. The van der Waals surface area contributed by atoms with E-state index in [0.29, 0.717) is 5.92 Å². The Balaban J connectivity index is 2.39. The molecule has 2 rings (SSSR count). The number of hydrogen-bond acceptors (Lipinski definition) is 1. The van der Waals surface area contributed by atoms with E-state index >= 15 is 0 Å². The molecule has 1 unspecified atom stereocenters. The van der Waals surface area contributed by atoms with Gasteiger partial charge in [-0.2, -0.15) is 0 Å². The molecule has 1 heteroatoms. The summed E-state index contributed by atoms with van der Waals surface area (Å²) in [7, 11) is 0. The molecule has 1 aromatic rings. The van der Waals surface area contributed by atoms with Crippen LogP contribution < -0.4 is 5.73 Å². The number of fused-ring (bicyclic) bond motifs is 1. The molecule has 1 nitrogen and oxygen atoms in total. The highest BCUT2D eigenvalue weighted by atomic mass is 14.6. The van der Waals surface area contributed by atoms with Gasteiger partial charge in [0, 0.05) is 12.5 Å². The Morgan fingerprint density at radius 2 is 2.18 bits per heavy atom. The van der Waals surface area contributed by atoms with Gasteiger partial charge >= 0.3 is 0 Å². The van der Waals surface area contributed by atoms with E-state index in [-0.39, 0.29) is 0 Å². The molecule has 0 heterocycles. The van der Waals surface area contributed by atoms with Crippen LogP contribution in [0.4, 0.5) is 0 Å². The lowest BCUT2D eigenvalue weighted by Crippen LogP contribution is -2.01. The normalized spacial score (nSPS) is 21.7. The monoisotopic (exact) mass is 146 g/mol. The van der Waals surface area contributed by atoms with E-state index < -0.39 is 0 Å². The van der Waals surface area contributed by atoms with E-state index in [1.54, 1.807) is 0 Å². The average molecular weight is 146 g/mol. The second kappa shape index (κ2) is 2.67. The highest BCUT2D eigenvalue weighted by molar-refractivity contribution is 5.36. The quantitative estimate of drug-likeness (QED) is 0.642. The predicted molar refractivity (Wildman–Crippen MR) is 46.0 cm³/mol. The zero-order valence-electron chi connectivity index (χ0n) is 6.46. The summed E-state index contributed by atoms with van der Waals surface area (Å²) in [5, 5.41) is 0. The standard InChI is InChI=1S/C10H12N/c11-7-9-6-5-8-3-1-2-4-10(8)9/h1-4,7,9H,5-6,11H2. The van der Waals surface area contributed by atoms with Gasteiger partial charge in [-0.3, -0.25) is 0 Å². The van der Waals surface area contributed by atoms with Crippen LogP contribution in [0.3, 0.4) is 0 Å². The molecular formula is C10H12N. The molecule has 0 fully saturated rings. The van der Waals surface area contributed by atoms with Crippen LogP contribution in [-0.4, -0.2) is 0 Å². The minimum atomic E-state index is 0.506. The molecule has 1 atom stereocenters. The van der Waals surface area contributed by atoms with Crippen LogP contribution in [0.15, 0.2) is 24.3 Å². The zero-order chi connectivity index (χ0) is 7.68. The maximum absolute atomic E-state index is 5.52. The summed E-state index contributed by atoms with van der Waals surface area (Å²) < 4.78 is 0. The van der Waals surface area contributed by atoms with Gasteiger partial charge in [0.2, 0.25) is 0 Å². The minimum Gasteiger partial charge on any atom is -0.326 e. The third kappa shape index (κ3) is 1.05. The lowest BCUT2D eigenvalue weighted by atomic mass is 10.0. The molecule has 11 heavy (non-hydrogen) atoms. The molecule has 1 aliphatic carbocycles. The SMILES string of the molecule is N[CH]C1CCc2ccccc21. The fourth-order valence-electron chi connectivity index (χ4n) is 1.79. The molecule has 0 aliphatic heterocycles. The van der Waals surface area contributed by atoms with Crippen molar-refractivity contribution in [1.82, 2.24) is 0 Å². The first-order valence-corrected chi connectivity index (χ1v) is 4.04. The second-order valence-corrected chi connectivity index (χ2v) is 3.04. The van der Waals surface area contributed by atoms with E-state index in [1.165, 1.54) is 24.0 Å². The number of nitrogens with two attached hydrogens (primary N) is 1. The topological polar surface area (TPSA) is 26.0 Å². The largest absolute Gasteiger partial charge is 0.326 e. The van der Waals surface area contributed by atoms with Crippen LogP contribution in [0.25, 0.3) is 0 Å². The van der Waals surface area contributed by atoms with E-state index in [1.807, 2.05) is 6.54 Å². The zero-order valence-corrected chi connectivity index (χ0v) is 6.46. The molecule has 57 valence electrons. The van der Waals surface area contributed by atoms with Gasteiger partial charge < -0.3 is 5.73 Å². The van der Waals surface area contributed by atoms with Gasteiger partial charge in [-0.1, -0.05) is 24.3 Å². The van der Waals surface area contributed by atoms with Crippen LogP contribution in [0, 0.1) is 6.54 Å². The van der Waals surface area contributed by atoms with Gasteiger partial charge in [0.25, 0.3) is 0 Å². The van der Waals surface area contributed by atoms with Crippen molar-refractivity contribution in [1.29, 1.82) is 0 Å². The Morgan fingerprint density at radius 3 is 3.00 bits per heavy atom. The van der Waals surface area contributed by atoms with Crippen LogP contribution in [0.1, 0.15) is 23.5 Å². The third-order valence-corrected chi connectivity index (χ3v) is 2.41. The second-order valence-electron chi connectivity index (χ2n) is 3.04. The third-order valence-electron chi connectivity index (χ3n) is 2.41. The lowest BCUT2D eigenvalue weighted by Gasteiger charge is -2.05. The maximum atomic E-state index is 5.52. The molecule has 0 saturated heterocycles. The predicted octanol–water partition coefficient (Wildman–Crippen LogP) is 1.84. The molecule has 1 aromatic carbocycles. The van der Waals surface area contributed by atoms with Gasteiger partial charge in [0.1, 0.15) is 0 Å². The van der Waals surface area contributed by atoms with Gasteiger partial charge in [0.15, 0.2) is 0 Å². The van der Waals surface area contributed by atoms with Crippen molar-refractivity contribution < 1.29 is 0 Å². The Bertz CT molecular complexity index is 255. The summed E-state index contributed by atoms with van der Waals surface area (Å²) in [6.07, 6.45) is 2.38. The summed E-state index contributed by atoms with van der Waals surface area (Å²) in [4.78, 5) is 0. The summed E-state index contributed by atoms with van der Waals surface area (Å²) in [5.74, 6) is 0.506. The molecular weight excluding hydrogens is 134 g/mol. The van der Waals surface area contributed by atoms with Crippen LogP contribution in [0.2, 0.25) is 0 Å². The number of aryl methyl sites for hydroxylation is 1. The molecule has 1 radical (unpaired) electrons. The molecule has 2 N–H and O–H groups in total.